The average molecular weight is 195 g/mol. The van der Waals surface area contributed by atoms with E-state index in [0.717, 1.165) is 0 Å². The van der Waals surface area contributed by atoms with Gasteiger partial charge >= 0.3 is 0 Å². The third kappa shape index (κ3) is 2.15. The highest BCUT2D eigenvalue weighted by Gasteiger charge is 1.88. The predicted molar refractivity (Wildman–Crippen MR) is 29.5 cm³/mol. The van der Waals surface area contributed by atoms with Gasteiger partial charge in [-0.25, -0.2) is 0 Å². The van der Waals surface area contributed by atoms with E-state index in [0.29, 0.717) is 4.43 Å². The third-order valence-corrected chi connectivity index (χ3v) is 0.939. The van der Waals surface area contributed by atoms with Gasteiger partial charge in [-0.3, -0.25) is 4.79 Å². The Morgan fingerprint density at radius 3 is 2.50 bits per heavy atom. The highest BCUT2D eigenvalue weighted by molar-refractivity contribution is 14.1. The molecule has 0 saturated carbocycles. The maximum absolute atomic E-state index is 9.81. The van der Waals surface area contributed by atoms with Crippen molar-refractivity contribution in [2.75, 3.05) is 4.43 Å². The van der Waals surface area contributed by atoms with Crippen LogP contribution >= 0.6 is 22.6 Å². The van der Waals surface area contributed by atoms with Gasteiger partial charge in [-0.2, -0.15) is 5.26 Å². The van der Waals surface area contributed by atoms with Gasteiger partial charge in [0.1, 0.15) is 6.07 Å². The molecule has 0 aliphatic rings. The van der Waals surface area contributed by atoms with Crippen LogP contribution in [-0.4, -0.2) is 10.2 Å². The summed E-state index contributed by atoms with van der Waals surface area (Å²) in [5, 5.41) is 7.73. The monoisotopic (exact) mass is 195 g/mol. The lowest BCUT2D eigenvalue weighted by Crippen LogP contribution is -1.89. The molecule has 0 spiro atoms. The number of hydrogen-bond acceptors (Lipinski definition) is 2. The number of carbonyl (C=O) groups is 1. The first-order chi connectivity index (χ1) is 2.81. The van der Waals surface area contributed by atoms with Crippen molar-refractivity contribution >= 4 is 28.4 Å². The smallest absolute Gasteiger partial charge is 0.241 e. The van der Waals surface area contributed by atoms with Crippen LogP contribution in [0.5, 0.6) is 0 Å². The number of halogens is 1. The molecule has 0 saturated heterocycles. The molecule has 0 aromatic carbocycles. The van der Waals surface area contributed by atoms with E-state index in [2.05, 4.69) is 0 Å². The van der Waals surface area contributed by atoms with E-state index in [1.807, 2.05) is 22.6 Å². The largest absolute Gasteiger partial charge is 0.282 e. The van der Waals surface area contributed by atoms with Crippen LogP contribution in [0.15, 0.2) is 0 Å². The zero-order valence-corrected chi connectivity index (χ0v) is 5.10. The van der Waals surface area contributed by atoms with Crippen molar-refractivity contribution in [3.8, 4) is 6.07 Å². The summed E-state index contributed by atoms with van der Waals surface area (Å²) in [6, 6.07) is 1.47. The van der Waals surface area contributed by atoms with Crippen LogP contribution in [0.2, 0.25) is 0 Å². The fourth-order valence-electron chi connectivity index (χ4n) is 0.0299. The molecule has 0 rings (SSSR count). The van der Waals surface area contributed by atoms with E-state index in [-0.39, 0.29) is 5.78 Å². The molecule has 0 aliphatic heterocycles. The minimum atomic E-state index is -0.365. The lowest BCUT2D eigenvalue weighted by atomic mass is 10.5. The van der Waals surface area contributed by atoms with Crippen LogP contribution in [-0.2, 0) is 4.79 Å². The average Bonchev–Trinajstić information content (AvgIpc) is 1.65. The summed E-state index contributed by atoms with van der Waals surface area (Å²) >= 11 is 1.84. The molecule has 0 fully saturated rings. The minimum Gasteiger partial charge on any atom is -0.282 e. The summed E-state index contributed by atoms with van der Waals surface area (Å²) in [7, 11) is 0. The molecule has 32 valence electrons. The number of nitriles is 1. The Kier molecular flexibility index (Phi) is 3.04. The Labute approximate surface area is 49.3 Å². The maximum atomic E-state index is 9.81. The Morgan fingerprint density at radius 1 is 2.00 bits per heavy atom. The number of carbonyl (C=O) groups excluding carboxylic acids is 1. The number of hydrogen-bond donors (Lipinski definition) is 0. The van der Waals surface area contributed by atoms with Gasteiger partial charge in [-0.1, -0.05) is 22.6 Å². The zero-order chi connectivity index (χ0) is 4.99. The molecule has 0 atom stereocenters. The number of nitrogens with zero attached hydrogens (tertiary/aromatic N) is 1. The molecule has 0 aromatic rings. The number of Topliss-reactive ketones (excluding diaryl/α,β-unsaturated/α-hetero) is 1. The molecule has 0 N–H and O–H groups in total. The summed E-state index contributed by atoms with van der Waals surface area (Å²) in [5.41, 5.74) is 0. The van der Waals surface area contributed by atoms with Crippen LogP contribution < -0.4 is 0 Å². The van der Waals surface area contributed by atoms with Gasteiger partial charge in [-0.05, 0) is 0 Å². The number of rotatable bonds is 1. The van der Waals surface area contributed by atoms with E-state index in [9.17, 15) is 4.79 Å². The molecular weight excluding hydrogens is 193 g/mol. The van der Waals surface area contributed by atoms with Crippen molar-refractivity contribution in [2.24, 2.45) is 0 Å². The molecular formula is C3H2INO. The standard InChI is InChI=1S/C3H2INO/c4-1-3(6)2-5/h1H2. The van der Waals surface area contributed by atoms with Crippen LogP contribution in [0.3, 0.4) is 0 Å². The highest BCUT2D eigenvalue weighted by atomic mass is 127. The minimum absolute atomic E-state index is 0.300. The topological polar surface area (TPSA) is 40.9 Å². The van der Waals surface area contributed by atoms with Gasteiger partial charge in [0, 0.05) is 0 Å². The van der Waals surface area contributed by atoms with Crippen molar-refractivity contribution < 1.29 is 4.79 Å². The molecule has 2 nitrogen and oxygen atoms in total. The van der Waals surface area contributed by atoms with Gasteiger partial charge in [0.05, 0.1) is 4.43 Å². The summed E-state index contributed by atoms with van der Waals surface area (Å²) in [5.74, 6) is -0.365. The molecule has 0 radical (unpaired) electrons. The van der Waals surface area contributed by atoms with E-state index >= 15 is 0 Å². The predicted octanol–water partition coefficient (Wildman–Crippen LogP) is 0.514. The van der Waals surface area contributed by atoms with E-state index in [1.54, 1.807) is 0 Å². The fraction of sp³-hybridized carbons (Fsp3) is 0.333. The Balaban J connectivity index is 3.33. The van der Waals surface area contributed by atoms with Crippen molar-refractivity contribution in [3.63, 3.8) is 0 Å². The van der Waals surface area contributed by atoms with Gasteiger partial charge in [0.25, 0.3) is 0 Å². The van der Waals surface area contributed by atoms with Crippen molar-refractivity contribution in [1.29, 1.82) is 5.26 Å². The Morgan fingerprint density at radius 2 is 2.50 bits per heavy atom. The normalized spacial score (nSPS) is 6.67. The highest BCUT2D eigenvalue weighted by Crippen LogP contribution is 1.78. The van der Waals surface area contributed by atoms with E-state index in [1.165, 1.54) is 6.07 Å². The Bertz CT molecular complexity index is 93.5. The van der Waals surface area contributed by atoms with Gasteiger partial charge in [0.2, 0.25) is 5.78 Å². The first-order valence-corrected chi connectivity index (χ1v) is 2.82. The number of ketones is 1. The van der Waals surface area contributed by atoms with Crippen molar-refractivity contribution in [2.45, 2.75) is 0 Å². The molecule has 0 unspecified atom stereocenters. The second-order valence-corrected chi connectivity index (χ2v) is 1.43. The lowest BCUT2D eigenvalue weighted by Gasteiger charge is -1.66. The quantitative estimate of drug-likeness (QED) is 0.347. The van der Waals surface area contributed by atoms with Crippen LogP contribution in [0, 0.1) is 11.3 Å². The molecule has 0 bridgehead atoms. The molecule has 6 heavy (non-hydrogen) atoms. The molecule has 0 aliphatic carbocycles. The van der Waals surface area contributed by atoms with Crippen LogP contribution in [0.1, 0.15) is 0 Å². The first kappa shape index (κ1) is 5.89. The van der Waals surface area contributed by atoms with Gasteiger partial charge < -0.3 is 0 Å². The Hall–Kier alpha value is -0.110. The van der Waals surface area contributed by atoms with E-state index in [4.69, 9.17) is 5.26 Å². The first-order valence-electron chi connectivity index (χ1n) is 1.30. The third-order valence-electron chi connectivity index (χ3n) is 0.246. The maximum Gasteiger partial charge on any atom is 0.241 e. The van der Waals surface area contributed by atoms with Crippen LogP contribution in [0.4, 0.5) is 0 Å². The molecule has 0 amide bonds. The van der Waals surface area contributed by atoms with Crippen molar-refractivity contribution in [1.82, 2.24) is 0 Å². The second kappa shape index (κ2) is 3.09. The molecule has 0 aromatic heterocycles. The zero-order valence-electron chi connectivity index (χ0n) is 2.94. The molecule has 0 heterocycles. The summed E-state index contributed by atoms with van der Waals surface area (Å²) in [4.78, 5) is 9.81. The SMILES string of the molecule is N#CC(=O)CI. The van der Waals surface area contributed by atoms with Gasteiger partial charge in [-0.15, -0.1) is 0 Å². The number of alkyl halides is 1. The summed E-state index contributed by atoms with van der Waals surface area (Å²) in [6.45, 7) is 0. The second-order valence-electron chi connectivity index (χ2n) is 0.669. The van der Waals surface area contributed by atoms with Gasteiger partial charge in [0.15, 0.2) is 0 Å². The summed E-state index contributed by atoms with van der Waals surface area (Å²) in [6.07, 6.45) is 0. The molecule has 3 heteroatoms. The van der Waals surface area contributed by atoms with Crippen LogP contribution in [0.25, 0.3) is 0 Å². The fourth-order valence-corrected chi connectivity index (χ4v) is 0.200. The van der Waals surface area contributed by atoms with Crippen molar-refractivity contribution in [3.05, 3.63) is 0 Å². The summed E-state index contributed by atoms with van der Waals surface area (Å²) < 4.78 is 0.300. The van der Waals surface area contributed by atoms with E-state index < -0.39 is 0 Å². The lowest BCUT2D eigenvalue weighted by molar-refractivity contribution is -0.111.